The highest BCUT2D eigenvalue weighted by molar-refractivity contribution is 5.52. The van der Waals surface area contributed by atoms with Crippen LogP contribution in [0.2, 0.25) is 0 Å². The molecule has 4 fully saturated rings. The number of anilines is 3. The molecule has 3 aliphatic carbocycles. The molecule has 3 saturated carbocycles. The summed E-state index contributed by atoms with van der Waals surface area (Å²) in [6, 6.07) is 2.73. The fourth-order valence-electron chi connectivity index (χ4n) is 7.24. The van der Waals surface area contributed by atoms with E-state index in [0.29, 0.717) is 17.7 Å². The van der Waals surface area contributed by atoms with Gasteiger partial charge in [0.1, 0.15) is 11.6 Å². The van der Waals surface area contributed by atoms with Gasteiger partial charge in [-0.25, -0.2) is 0 Å². The fourth-order valence-corrected chi connectivity index (χ4v) is 7.24. The van der Waals surface area contributed by atoms with Crippen molar-refractivity contribution in [2.45, 2.75) is 101 Å². The van der Waals surface area contributed by atoms with Crippen LogP contribution in [-0.4, -0.2) is 67.4 Å². The molecule has 0 amide bonds. The number of piperazine rings is 1. The summed E-state index contributed by atoms with van der Waals surface area (Å²) in [7, 11) is 0. The predicted octanol–water partition coefficient (Wildman–Crippen LogP) is 3.90. The minimum Gasteiger partial charge on any atom is -0.383 e. The van der Waals surface area contributed by atoms with Crippen LogP contribution in [0.5, 0.6) is 0 Å². The maximum absolute atomic E-state index is 6.21. The first-order valence-electron chi connectivity index (χ1n) is 15.5. The van der Waals surface area contributed by atoms with Gasteiger partial charge in [-0.1, -0.05) is 32.1 Å². The number of nitrogens with one attached hydrogen (secondary N) is 4. The molecule has 1 aliphatic heterocycles. The van der Waals surface area contributed by atoms with Crippen LogP contribution in [0.25, 0.3) is 0 Å². The topological polar surface area (TPSA) is 103 Å². The standard InChI is InChI=1S/C29H52N8/c30-26-19-27(37-18-17-34-29(22-37)13-4-5-14-29)36-28(35-26)33-21-24-11-9-23(10-12-24)20-31-15-6-16-32-25-7-2-1-3-8-25/h19,23-25,31-32,34H,1-18,20-22H2,(H3,30,33,35,36). The lowest BCUT2D eigenvalue weighted by Crippen LogP contribution is -2.59. The second-order valence-electron chi connectivity index (χ2n) is 12.4. The van der Waals surface area contributed by atoms with Crippen molar-refractivity contribution in [3.8, 4) is 0 Å². The molecule has 2 heterocycles. The fraction of sp³-hybridized carbons (Fsp3) is 0.862. The summed E-state index contributed by atoms with van der Waals surface area (Å²) >= 11 is 0. The van der Waals surface area contributed by atoms with Crippen LogP contribution in [0, 0.1) is 11.8 Å². The van der Waals surface area contributed by atoms with Gasteiger partial charge in [-0.2, -0.15) is 9.97 Å². The first-order chi connectivity index (χ1) is 18.2. The van der Waals surface area contributed by atoms with Crippen LogP contribution < -0.4 is 31.9 Å². The summed E-state index contributed by atoms with van der Waals surface area (Å²) in [5, 5.41) is 14.8. The Labute approximate surface area is 224 Å². The number of rotatable bonds is 11. The maximum Gasteiger partial charge on any atom is 0.226 e. The van der Waals surface area contributed by atoms with Crippen molar-refractivity contribution >= 4 is 17.6 Å². The Morgan fingerprint density at radius 3 is 2.46 bits per heavy atom. The third kappa shape index (κ3) is 7.93. The first-order valence-corrected chi connectivity index (χ1v) is 15.5. The van der Waals surface area contributed by atoms with Gasteiger partial charge in [-0.05, 0) is 89.3 Å². The molecular formula is C29H52N8. The number of aromatic nitrogens is 2. The number of nitrogens with zero attached hydrogens (tertiary/aromatic N) is 3. The molecule has 0 unspecified atom stereocenters. The molecule has 5 rings (SSSR count). The molecule has 1 aromatic rings. The van der Waals surface area contributed by atoms with E-state index in [9.17, 15) is 0 Å². The second kappa shape index (κ2) is 13.4. The quantitative estimate of drug-likeness (QED) is 0.285. The summed E-state index contributed by atoms with van der Waals surface area (Å²) in [5.74, 6) is 3.76. The van der Waals surface area contributed by atoms with Crippen LogP contribution in [0.1, 0.15) is 89.9 Å². The van der Waals surface area contributed by atoms with E-state index in [1.165, 1.54) is 103 Å². The van der Waals surface area contributed by atoms with Gasteiger partial charge in [0.25, 0.3) is 0 Å². The molecule has 0 aromatic carbocycles. The van der Waals surface area contributed by atoms with Crippen molar-refractivity contribution in [3.05, 3.63) is 6.07 Å². The van der Waals surface area contributed by atoms with Gasteiger partial charge in [0, 0.05) is 43.8 Å². The molecule has 0 radical (unpaired) electrons. The van der Waals surface area contributed by atoms with Crippen LogP contribution in [-0.2, 0) is 0 Å². The van der Waals surface area contributed by atoms with E-state index in [1.807, 2.05) is 6.07 Å². The van der Waals surface area contributed by atoms with Crippen LogP contribution >= 0.6 is 0 Å². The zero-order chi connectivity index (χ0) is 25.3. The van der Waals surface area contributed by atoms with Crippen LogP contribution in [0.3, 0.4) is 0 Å². The Kier molecular flexibility index (Phi) is 9.78. The van der Waals surface area contributed by atoms with Gasteiger partial charge in [-0.3, -0.25) is 0 Å². The lowest BCUT2D eigenvalue weighted by molar-refractivity contribution is 0.275. The number of nitrogens with two attached hydrogens (primary N) is 1. The van der Waals surface area contributed by atoms with Gasteiger partial charge in [0.05, 0.1) is 0 Å². The maximum atomic E-state index is 6.21. The molecule has 6 N–H and O–H groups in total. The predicted molar refractivity (Wildman–Crippen MR) is 154 cm³/mol. The van der Waals surface area contributed by atoms with E-state index in [-0.39, 0.29) is 5.54 Å². The summed E-state index contributed by atoms with van der Waals surface area (Å²) in [6.45, 7) is 7.45. The van der Waals surface area contributed by atoms with Crippen LogP contribution in [0.4, 0.5) is 17.6 Å². The highest BCUT2D eigenvalue weighted by Crippen LogP contribution is 2.34. The second-order valence-corrected chi connectivity index (χ2v) is 12.4. The Morgan fingerprint density at radius 2 is 1.68 bits per heavy atom. The zero-order valence-corrected chi connectivity index (χ0v) is 23.1. The Bertz CT molecular complexity index is 812. The van der Waals surface area contributed by atoms with Gasteiger partial charge >= 0.3 is 0 Å². The number of nitrogen functional groups attached to an aromatic ring is 1. The molecule has 8 nitrogen and oxygen atoms in total. The summed E-state index contributed by atoms with van der Waals surface area (Å²) in [4.78, 5) is 11.8. The normalized spacial score (nSPS) is 26.5. The highest BCUT2D eigenvalue weighted by Gasteiger charge is 2.38. The van der Waals surface area contributed by atoms with Crippen LogP contribution in [0.15, 0.2) is 6.07 Å². The third-order valence-electron chi connectivity index (χ3n) is 9.51. The average molecular weight is 513 g/mol. The van der Waals surface area contributed by atoms with Crippen molar-refractivity contribution in [2.24, 2.45) is 11.8 Å². The van der Waals surface area contributed by atoms with Crippen molar-refractivity contribution < 1.29 is 0 Å². The summed E-state index contributed by atoms with van der Waals surface area (Å²) in [6.07, 6.45) is 18.7. The summed E-state index contributed by atoms with van der Waals surface area (Å²) < 4.78 is 0. The Balaban J connectivity index is 0.979. The van der Waals surface area contributed by atoms with Crippen molar-refractivity contribution in [3.63, 3.8) is 0 Å². The lowest BCUT2D eigenvalue weighted by Gasteiger charge is -2.42. The smallest absolute Gasteiger partial charge is 0.226 e. The minimum atomic E-state index is 0.269. The van der Waals surface area contributed by atoms with E-state index in [4.69, 9.17) is 10.7 Å². The molecule has 8 heteroatoms. The molecule has 0 atom stereocenters. The molecule has 1 saturated heterocycles. The minimum absolute atomic E-state index is 0.269. The van der Waals surface area contributed by atoms with Gasteiger partial charge < -0.3 is 31.9 Å². The van der Waals surface area contributed by atoms with E-state index in [0.717, 1.165) is 50.5 Å². The molecule has 37 heavy (non-hydrogen) atoms. The van der Waals surface area contributed by atoms with E-state index in [2.05, 4.69) is 31.2 Å². The molecule has 4 aliphatic rings. The molecule has 0 bridgehead atoms. The van der Waals surface area contributed by atoms with Gasteiger partial charge in [0.2, 0.25) is 5.95 Å². The zero-order valence-electron chi connectivity index (χ0n) is 23.1. The van der Waals surface area contributed by atoms with Crippen molar-refractivity contribution in [1.82, 2.24) is 25.9 Å². The molecule has 1 spiro atoms. The van der Waals surface area contributed by atoms with Gasteiger partial charge in [0.15, 0.2) is 0 Å². The largest absolute Gasteiger partial charge is 0.383 e. The van der Waals surface area contributed by atoms with Gasteiger partial charge in [-0.15, -0.1) is 0 Å². The van der Waals surface area contributed by atoms with E-state index in [1.54, 1.807) is 0 Å². The molecular weight excluding hydrogens is 460 g/mol. The van der Waals surface area contributed by atoms with Crippen molar-refractivity contribution in [1.29, 1.82) is 0 Å². The van der Waals surface area contributed by atoms with Crippen molar-refractivity contribution in [2.75, 3.05) is 61.8 Å². The Morgan fingerprint density at radius 1 is 0.919 bits per heavy atom. The highest BCUT2D eigenvalue weighted by atomic mass is 15.3. The van der Waals surface area contributed by atoms with E-state index < -0.39 is 0 Å². The monoisotopic (exact) mass is 512 g/mol. The number of hydrogen-bond donors (Lipinski definition) is 5. The molecule has 208 valence electrons. The molecule has 1 aromatic heterocycles. The van der Waals surface area contributed by atoms with E-state index >= 15 is 0 Å². The number of hydrogen-bond acceptors (Lipinski definition) is 8. The SMILES string of the molecule is Nc1cc(N2CCNC3(CCCC3)C2)nc(NCC2CCC(CNCCCNC3CCCCC3)CC2)n1. The first kappa shape index (κ1) is 26.9. The lowest BCUT2D eigenvalue weighted by atomic mass is 9.82. The third-order valence-corrected chi connectivity index (χ3v) is 9.51. The average Bonchev–Trinajstić information content (AvgIpc) is 3.37. The summed E-state index contributed by atoms with van der Waals surface area (Å²) in [5.41, 5.74) is 6.48. The Hall–Kier alpha value is -1.64.